The quantitative estimate of drug-likeness (QED) is 0.818. The fourth-order valence-corrected chi connectivity index (χ4v) is 2.92. The number of phenolic OH excluding ortho intramolecular Hbond substituents is 1. The lowest BCUT2D eigenvalue weighted by atomic mass is 9.61. The van der Waals surface area contributed by atoms with Crippen molar-refractivity contribution in [2.45, 2.75) is 10.4 Å². The molecule has 117 valence electrons. The summed E-state index contributed by atoms with van der Waals surface area (Å²) in [6.45, 7) is 1.45. The van der Waals surface area contributed by atoms with Crippen molar-refractivity contribution in [3.63, 3.8) is 0 Å². The third-order valence-electron chi connectivity index (χ3n) is 4.50. The minimum absolute atomic E-state index is 0.181. The van der Waals surface area contributed by atoms with Crippen LogP contribution >= 0.6 is 0 Å². The smallest absolute Gasteiger partial charge is 0.119 e. The molecule has 0 spiro atoms. The second kappa shape index (κ2) is 6.25. The van der Waals surface area contributed by atoms with Gasteiger partial charge in [-0.05, 0) is 38.4 Å². The molecule has 0 aliphatic carbocycles. The monoisotopic (exact) mass is 314 g/mol. The molecule has 2 atom stereocenters. The average Bonchev–Trinajstić information content (AvgIpc) is 3.12. The molecule has 2 aromatic rings. The summed E-state index contributed by atoms with van der Waals surface area (Å²) in [7, 11) is 19.0. The van der Waals surface area contributed by atoms with Crippen LogP contribution < -0.4 is 4.74 Å². The van der Waals surface area contributed by atoms with Crippen LogP contribution in [-0.2, 0) is 10.4 Å². The number of hydrogen-bond donors (Lipinski definition) is 1. The minimum Gasteiger partial charge on any atom is -0.508 e. The van der Waals surface area contributed by atoms with E-state index in [9.17, 15) is 5.11 Å². The zero-order chi connectivity index (χ0) is 17.4. The summed E-state index contributed by atoms with van der Waals surface area (Å²) in [6, 6.07) is 14.6. The Labute approximate surface area is 147 Å². The molecule has 1 heterocycles. The first-order valence-electron chi connectivity index (χ1n) is 7.97. The molecule has 5 radical (unpaired) electrons. The predicted octanol–water partition coefficient (Wildman–Crippen LogP) is 1.39. The van der Waals surface area contributed by atoms with E-state index in [0.717, 1.165) is 23.4 Å². The van der Waals surface area contributed by atoms with Gasteiger partial charge in [0, 0.05) is 6.54 Å². The number of ether oxygens (including phenoxy) is 1. The van der Waals surface area contributed by atoms with Gasteiger partial charge in [0.1, 0.15) is 25.4 Å². The number of aromatic hydroxyl groups is 1. The van der Waals surface area contributed by atoms with Crippen LogP contribution in [0.1, 0.15) is 11.1 Å². The molecule has 0 amide bonds. The van der Waals surface area contributed by atoms with Crippen LogP contribution in [0.25, 0.3) is 0 Å². The lowest BCUT2D eigenvalue weighted by Gasteiger charge is -2.23. The van der Waals surface area contributed by atoms with Crippen molar-refractivity contribution in [3.05, 3.63) is 59.7 Å². The molecule has 1 N–H and O–H groups in total. The lowest BCUT2D eigenvalue weighted by Crippen LogP contribution is -2.23. The van der Waals surface area contributed by atoms with Gasteiger partial charge in [0.05, 0.1) is 15.7 Å². The van der Waals surface area contributed by atoms with E-state index < -0.39 is 10.4 Å². The van der Waals surface area contributed by atoms with Gasteiger partial charge in [0.15, 0.2) is 0 Å². The summed E-state index contributed by atoms with van der Waals surface area (Å²) in [4.78, 5) is 2.07. The van der Waals surface area contributed by atoms with Gasteiger partial charge in [-0.25, -0.2) is 0 Å². The second-order valence-electron chi connectivity index (χ2n) is 6.61. The minimum atomic E-state index is -0.798. The number of likely N-dealkylation sites (N-methyl/N-ethyl adjacent to an activating group) is 1. The van der Waals surface area contributed by atoms with Crippen LogP contribution in [0.3, 0.4) is 0 Å². The Balaban J connectivity index is 1.79. The van der Waals surface area contributed by atoms with E-state index in [4.69, 9.17) is 20.4 Å². The number of nitrogens with zero attached hydrogens (tertiary/aromatic N) is 1. The van der Waals surface area contributed by atoms with Crippen molar-refractivity contribution in [2.75, 3.05) is 27.2 Å². The molecule has 2 aromatic carbocycles. The maximum absolute atomic E-state index is 9.70. The van der Waals surface area contributed by atoms with Gasteiger partial charge < -0.3 is 14.7 Å². The van der Waals surface area contributed by atoms with E-state index in [1.165, 1.54) is 0 Å². The Bertz CT molecular complexity index is 740. The molecule has 1 aliphatic heterocycles. The fraction of sp³-hybridized carbons (Fsp3) is 0.333. The van der Waals surface area contributed by atoms with E-state index in [2.05, 4.69) is 4.90 Å². The van der Waals surface area contributed by atoms with Crippen molar-refractivity contribution in [3.8, 4) is 11.5 Å². The van der Waals surface area contributed by atoms with Crippen LogP contribution in [0, 0.1) is 0 Å². The van der Waals surface area contributed by atoms with E-state index in [0.29, 0.717) is 6.61 Å². The number of benzene rings is 2. The third-order valence-corrected chi connectivity index (χ3v) is 4.50. The van der Waals surface area contributed by atoms with Gasteiger partial charge >= 0.3 is 0 Å². The maximum atomic E-state index is 9.70. The third kappa shape index (κ3) is 3.07. The molecule has 0 bridgehead atoms. The number of rotatable bonds is 6. The van der Waals surface area contributed by atoms with Crippen LogP contribution in [0.5, 0.6) is 11.5 Å². The first-order valence-corrected chi connectivity index (χ1v) is 7.97. The first-order chi connectivity index (χ1) is 11.3. The van der Waals surface area contributed by atoms with Crippen molar-refractivity contribution < 1.29 is 9.84 Å². The molecule has 0 saturated carbocycles. The molecule has 1 saturated heterocycles. The second-order valence-corrected chi connectivity index (χ2v) is 6.61. The fourth-order valence-electron chi connectivity index (χ4n) is 2.92. The zero-order valence-corrected chi connectivity index (χ0v) is 14.1. The highest BCUT2D eigenvalue weighted by atomic mass is 16.5. The summed E-state index contributed by atoms with van der Waals surface area (Å²) < 4.78 is 5.78. The summed E-state index contributed by atoms with van der Waals surface area (Å²) >= 11 is 0. The van der Waals surface area contributed by atoms with E-state index in [1.54, 1.807) is 18.2 Å². The zero-order valence-electron chi connectivity index (χ0n) is 14.1. The van der Waals surface area contributed by atoms with Crippen LogP contribution in [-0.4, -0.2) is 60.2 Å². The van der Waals surface area contributed by atoms with Gasteiger partial charge in [-0.2, -0.15) is 0 Å². The highest BCUT2D eigenvalue weighted by molar-refractivity contribution is 6.80. The largest absolute Gasteiger partial charge is 0.508 e. The van der Waals surface area contributed by atoms with Crippen LogP contribution in [0.4, 0.5) is 0 Å². The highest BCUT2D eigenvalue weighted by Gasteiger charge is 2.61. The van der Waals surface area contributed by atoms with Gasteiger partial charge in [0.25, 0.3) is 0 Å². The first kappa shape index (κ1) is 17.0. The Morgan fingerprint density at radius 2 is 1.67 bits per heavy atom. The molecule has 24 heavy (non-hydrogen) atoms. The SMILES string of the molecule is [B]C1(c2cccc(O)c2)[B]C1([B])c1cccc(OCCN(C)C)c1. The molecule has 3 rings (SSSR count). The van der Waals surface area contributed by atoms with E-state index >= 15 is 0 Å². The summed E-state index contributed by atoms with van der Waals surface area (Å²) in [5, 5.41) is 8.12. The Kier molecular flexibility index (Phi) is 4.43. The molecular weight excluding hydrogens is 295 g/mol. The van der Waals surface area contributed by atoms with Crippen molar-refractivity contribution in [1.82, 2.24) is 4.90 Å². The van der Waals surface area contributed by atoms with Gasteiger partial charge in [-0.15, -0.1) is 0 Å². The standard InChI is InChI=1S/C18H19B3NO2/c1-22(2)9-10-24-16-8-4-6-14(12-16)18(20)17(19,21-18)13-5-3-7-15(23)11-13/h3-8,11-12,23H,9-10H2,1-2H3. The highest BCUT2D eigenvalue weighted by Crippen LogP contribution is 2.54. The summed E-state index contributed by atoms with van der Waals surface area (Å²) in [5.74, 6) is 0.957. The maximum Gasteiger partial charge on any atom is 0.119 e. The summed E-state index contributed by atoms with van der Waals surface area (Å²) in [6.07, 6.45) is 0. The van der Waals surface area contributed by atoms with Gasteiger partial charge in [-0.1, -0.05) is 45.8 Å². The molecule has 0 aromatic heterocycles. The van der Waals surface area contributed by atoms with Gasteiger partial charge in [0.2, 0.25) is 0 Å². The van der Waals surface area contributed by atoms with E-state index in [1.807, 2.05) is 51.7 Å². The van der Waals surface area contributed by atoms with Crippen molar-refractivity contribution in [2.24, 2.45) is 0 Å². The molecule has 1 aliphatic rings. The van der Waals surface area contributed by atoms with Crippen molar-refractivity contribution in [1.29, 1.82) is 0 Å². The number of hydrogen-bond acceptors (Lipinski definition) is 3. The topological polar surface area (TPSA) is 32.7 Å². The Morgan fingerprint density at radius 3 is 2.29 bits per heavy atom. The Hall–Kier alpha value is -1.81. The molecule has 6 heteroatoms. The predicted molar refractivity (Wildman–Crippen MR) is 99.2 cm³/mol. The molecular formula is C18H19B3NO2. The average molecular weight is 314 g/mol. The van der Waals surface area contributed by atoms with Gasteiger partial charge in [-0.3, -0.25) is 0 Å². The Morgan fingerprint density at radius 1 is 1.04 bits per heavy atom. The van der Waals surface area contributed by atoms with Crippen molar-refractivity contribution >= 4 is 23.0 Å². The van der Waals surface area contributed by atoms with Crippen LogP contribution in [0.2, 0.25) is 0 Å². The normalized spacial score (nSPS) is 25.3. The lowest BCUT2D eigenvalue weighted by molar-refractivity contribution is 0.261. The molecule has 2 unspecified atom stereocenters. The molecule has 3 nitrogen and oxygen atoms in total. The summed E-state index contributed by atoms with van der Waals surface area (Å²) in [5.41, 5.74) is 1.69. The van der Waals surface area contributed by atoms with Crippen LogP contribution in [0.15, 0.2) is 48.5 Å². The number of phenols is 1. The van der Waals surface area contributed by atoms with E-state index in [-0.39, 0.29) is 5.75 Å². The molecule has 1 fully saturated rings.